The van der Waals surface area contributed by atoms with Gasteiger partial charge in [0.2, 0.25) is 0 Å². The molecule has 18 heavy (non-hydrogen) atoms. The Balaban J connectivity index is 2.63. The van der Waals surface area contributed by atoms with Gasteiger partial charge in [-0.15, -0.1) is 0 Å². The zero-order valence-corrected chi connectivity index (χ0v) is 11.1. The number of anilines is 1. The highest BCUT2D eigenvalue weighted by atomic mass is 16.5. The predicted molar refractivity (Wildman–Crippen MR) is 71.1 cm³/mol. The van der Waals surface area contributed by atoms with E-state index in [2.05, 4.69) is 5.32 Å². The van der Waals surface area contributed by atoms with Gasteiger partial charge in [0.1, 0.15) is 5.75 Å². The van der Waals surface area contributed by atoms with E-state index in [1.54, 1.807) is 19.1 Å². The van der Waals surface area contributed by atoms with Crippen LogP contribution in [0.4, 0.5) is 10.5 Å². The molecule has 2 amide bonds. The Hall–Kier alpha value is -1.75. The van der Waals surface area contributed by atoms with Gasteiger partial charge < -0.3 is 19.7 Å². The van der Waals surface area contributed by atoms with E-state index in [9.17, 15) is 4.79 Å². The van der Waals surface area contributed by atoms with Crippen LogP contribution in [-0.4, -0.2) is 44.8 Å². The molecule has 0 aliphatic rings. The van der Waals surface area contributed by atoms with Crippen molar-refractivity contribution in [3.05, 3.63) is 24.3 Å². The van der Waals surface area contributed by atoms with Gasteiger partial charge in [0, 0.05) is 20.7 Å². The number of nitrogens with zero attached hydrogens (tertiary/aromatic N) is 1. The first kappa shape index (κ1) is 14.3. The summed E-state index contributed by atoms with van der Waals surface area (Å²) in [5.41, 5.74) is 0.675. The molecule has 0 spiro atoms. The van der Waals surface area contributed by atoms with Crippen molar-refractivity contribution in [3.8, 4) is 5.75 Å². The lowest BCUT2D eigenvalue weighted by atomic mass is 10.3. The second-order valence-electron chi connectivity index (χ2n) is 3.77. The molecule has 0 fully saturated rings. The average Bonchev–Trinajstić information content (AvgIpc) is 2.38. The van der Waals surface area contributed by atoms with E-state index in [-0.39, 0.29) is 6.03 Å². The van der Waals surface area contributed by atoms with Gasteiger partial charge in [-0.3, -0.25) is 0 Å². The summed E-state index contributed by atoms with van der Waals surface area (Å²) >= 11 is 0. The average molecular weight is 252 g/mol. The standard InChI is InChI=1S/C13H20N2O3/c1-4-18-12-8-6-5-7-11(12)14-13(16)15(2)9-10-17-3/h5-8H,4,9-10H2,1-3H3,(H,14,16). The molecule has 0 saturated heterocycles. The van der Waals surface area contributed by atoms with Gasteiger partial charge in [-0.2, -0.15) is 0 Å². The summed E-state index contributed by atoms with van der Waals surface area (Å²) in [6.07, 6.45) is 0. The Morgan fingerprint density at radius 1 is 1.39 bits per heavy atom. The zero-order valence-electron chi connectivity index (χ0n) is 11.1. The van der Waals surface area contributed by atoms with Crippen LogP contribution in [0.2, 0.25) is 0 Å². The molecule has 0 radical (unpaired) electrons. The van der Waals surface area contributed by atoms with Gasteiger partial charge in [0.25, 0.3) is 0 Å². The summed E-state index contributed by atoms with van der Waals surface area (Å²) in [4.78, 5) is 13.4. The quantitative estimate of drug-likeness (QED) is 0.844. The molecule has 0 aliphatic carbocycles. The number of carbonyl (C=O) groups is 1. The van der Waals surface area contributed by atoms with Crippen molar-refractivity contribution in [2.75, 3.05) is 39.2 Å². The van der Waals surface area contributed by atoms with Crippen molar-refractivity contribution in [2.45, 2.75) is 6.92 Å². The molecule has 1 aromatic rings. The van der Waals surface area contributed by atoms with E-state index in [1.165, 1.54) is 0 Å². The van der Waals surface area contributed by atoms with E-state index in [1.807, 2.05) is 31.2 Å². The minimum Gasteiger partial charge on any atom is -0.492 e. The van der Waals surface area contributed by atoms with Crippen LogP contribution in [0, 0.1) is 0 Å². The molecule has 5 nitrogen and oxygen atoms in total. The number of rotatable bonds is 6. The lowest BCUT2D eigenvalue weighted by Crippen LogP contribution is -2.33. The maximum Gasteiger partial charge on any atom is 0.321 e. The molecule has 0 atom stereocenters. The van der Waals surface area contributed by atoms with Gasteiger partial charge >= 0.3 is 6.03 Å². The predicted octanol–water partition coefficient (Wildman–Crippen LogP) is 2.20. The fourth-order valence-electron chi connectivity index (χ4n) is 1.39. The molecular formula is C13H20N2O3. The first-order chi connectivity index (χ1) is 8.69. The van der Waals surface area contributed by atoms with Crippen LogP contribution in [-0.2, 0) is 4.74 Å². The summed E-state index contributed by atoms with van der Waals surface area (Å²) in [7, 11) is 3.33. The van der Waals surface area contributed by atoms with Gasteiger partial charge in [0.15, 0.2) is 0 Å². The van der Waals surface area contributed by atoms with E-state index >= 15 is 0 Å². The van der Waals surface area contributed by atoms with Crippen molar-refractivity contribution >= 4 is 11.7 Å². The van der Waals surface area contributed by atoms with E-state index < -0.39 is 0 Å². The maximum atomic E-state index is 11.9. The molecule has 0 heterocycles. The van der Waals surface area contributed by atoms with E-state index in [4.69, 9.17) is 9.47 Å². The van der Waals surface area contributed by atoms with Gasteiger partial charge in [-0.1, -0.05) is 12.1 Å². The lowest BCUT2D eigenvalue weighted by Gasteiger charge is -2.18. The third-order valence-electron chi connectivity index (χ3n) is 2.41. The van der Waals surface area contributed by atoms with Crippen LogP contribution >= 0.6 is 0 Å². The van der Waals surface area contributed by atoms with Crippen molar-refractivity contribution in [1.29, 1.82) is 0 Å². The highest BCUT2D eigenvalue weighted by Crippen LogP contribution is 2.23. The SMILES string of the molecule is CCOc1ccccc1NC(=O)N(C)CCOC. The Morgan fingerprint density at radius 3 is 2.78 bits per heavy atom. The smallest absolute Gasteiger partial charge is 0.321 e. The number of benzene rings is 1. The highest BCUT2D eigenvalue weighted by Gasteiger charge is 2.10. The first-order valence-electron chi connectivity index (χ1n) is 5.92. The van der Waals surface area contributed by atoms with Crippen LogP contribution < -0.4 is 10.1 Å². The van der Waals surface area contributed by atoms with Crippen LogP contribution in [0.25, 0.3) is 0 Å². The molecule has 0 unspecified atom stereocenters. The van der Waals surface area contributed by atoms with Gasteiger partial charge in [0.05, 0.1) is 18.9 Å². The largest absolute Gasteiger partial charge is 0.492 e. The Morgan fingerprint density at radius 2 is 2.11 bits per heavy atom. The second-order valence-corrected chi connectivity index (χ2v) is 3.77. The van der Waals surface area contributed by atoms with Crippen molar-refractivity contribution in [2.24, 2.45) is 0 Å². The molecule has 5 heteroatoms. The molecule has 100 valence electrons. The van der Waals surface area contributed by atoms with E-state index in [0.29, 0.717) is 31.2 Å². The minimum absolute atomic E-state index is 0.181. The number of urea groups is 1. The number of methoxy groups -OCH3 is 1. The molecule has 0 saturated carbocycles. The van der Waals surface area contributed by atoms with Crippen LogP contribution in [0.3, 0.4) is 0 Å². The molecule has 1 rings (SSSR count). The third-order valence-corrected chi connectivity index (χ3v) is 2.41. The molecule has 0 aliphatic heterocycles. The summed E-state index contributed by atoms with van der Waals surface area (Å²) in [6.45, 7) is 3.52. The third kappa shape index (κ3) is 4.25. The number of para-hydroxylation sites is 2. The maximum absolute atomic E-state index is 11.9. The molecule has 1 aromatic carbocycles. The van der Waals surface area contributed by atoms with Gasteiger partial charge in [-0.25, -0.2) is 4.79 Å². The first-order valence-corrected chi connectivity index (χ1v) is 5.92. The van der Waals surface area contributed by atoms with Crippen LogP contribution in [0.1, 0.15) is 6.92 Å². The Bertz CT molecular complexity index is 382. The number of ether oxygens (including phenoxy) is 2. The normalized spacial score (nSPS) is 9.94. The lowest BCUT2D eigenvalue weighted by molar-refractivity contribution is 0.165. The monoisotopic (exact) mass is 252 g/mol. The number of likely N-dealkylation sites (N-methyl/N-ethyl adjacent to an activating group) is 1. The Kier molecular flexibility index (Phi) is 6.00. The summed E-state index contributed by atoms with van der Waals surface area (Å²) < 4.78 is 10.4. The topological polar surface area (TPSA) is 50.8 Å². The van der Waals surface area contributed by atoms with Crippen LogP contribution in [0.5, 0.6) is 5.75 Å². The fraction of sp³-hybridized carbons (Fsp3) is 0.462. The van der Waals surface area contributed by atoms with Crippen molar-refractivity contribution < 1.29 is 14.3 Å². The number of hydrogen-bond donors (Lipinski definition) is 1. The van der Waals surface area contributed by atoms with Crippen molar-refractivity contribution in [3.63, 3.8) is 0 Å². The highest BCUT2D eigenvalue weighted by molar-refractivity contribution is 5.90. The number of carbonyl (C=O) groups excluding carboxylic acids is 1. The number of amides is 2. The summed E-state index contributed by atoms with van der Waals surface area (Å²) in [5.74, 6) is 0.675. The molecule has 0 aromatic heterocycles. The number of nitrogens with one attached hydrogen (secondary N) is 1. The van der Waals surface area contributed by atoms with E-state index in [0.717, 1.165) is 0 Å². The summed E-state index contributed by atoms with van der Waals surface area (Å²) in [5, 5.41) is 2.81. The number of hydrogen-bond acceptors (Lipinski definition) is 3. The minimum atomic E-state index is -0.181. The molecule has 0 bridgehead atoms. The van der Waals surface area contributed by atoms with Gasteiger partial charge in [-0.05, 0) is 19.1 Å². The fourth-order valence-corrected chi connectivity index (χ4v) is 1.39. The Labute approximate surface area is 108 Å². The molecule has 1 N–H and O–H groups in total. The zero-order chi connectivity index (χ0) is 13.4. The molecular weight excluding hydrogens is 232 g/mol. The second kappa shape index (κ2) is 7.55. The van der Waals surface area contributed by atoms with Crippen LogP contribution in [0.15, 0.2) is 24.3 Å². The summed E-state index contributed by atoms with van der Waals surface area (Å²) in [6, 6.07) is 7.18. The van der Waals surface area contributed by atoms with Crippen molar-refractivity contribution in [1.82, 2.24) is 4.90 Å².